The molecule has 3 aliphatic rings. The number of nitriles is 6. The Morgan fingerprint density at radius 3 is 0.788 bits per heavy atom. The molecule has 3 aliphatic heterocycles. The van der Waals surface area contributed by atoms with Crippen molar-refractivity contribution in [2.24, 2.45) is 0 Å². The lowest BCUT2D eigenvalue weighted by molar-refractivity contribution is 0.122. The number of hydrogen-bond donors (Lipinski definition) is 0. The normalized spacial score (nSPS) is 12.6. The summed E-state index contributed by atoms with van der Waals surface area (Å²) in [6, 6.07) is 111. The van der Waals surface area contributed by atoms with Gasteiger partial charge in [-0.25, -0.2) is 0 Å². The molecule has 3 fully saturated rings. The van der Waals surface area contributed by atoms with Crippen molar-refractivity contribution in [3.05, 3.63) is 325 Å². The fourth-order valence-corrected chi connectivity index (χ4v) is 14.7. The van der Waals surface area contributed by atoms with Gasteiger partial charge in [-0.15, -0.1) is 0 Å². The summed E-state index contributed by atoms with van der Waals surface area (Å²) in [4.78, 5) is 16.3. The second kappa shape index (κ2) is 46.0. The minimum Gasteiger partial charge on any atom is -0.378 e. The zero-order valence-corrected chi connectivity index (χ0v) is 69.4. The first-order valence-corrected chi connectivity index (χ1v) is 41.1. The van der Waals surface area contributed by atoms with Crippen LogP contribution in [0.5, 0.6) is 0 Å². The van der Waals surface area contributed by atoms with Crippen molar-refractivity contribution < 1.29 is 4.74 Å². The molecular weight excluding hydrogens is 1450 g/mol. The molecule has 0 atom stereocenters. The summed E-state index contributed by atoms with van der Waals surface area (Å²) in [7, 11) is 6.19. The standard InChI is InChI=1S/C19H22N2.C18H19N3.C18H18N2.C17H16N2O.C17H18N2.C15H14N2/c1-3-13-21(14-4-2)18-11-9-16(10-12-18)19-8-6-5-7-17(19)15-20;1-20-10-12-21(13-11-20)17-8-6-15(7-9-17)18-5-3-2-4-16(18)14-19;19-14-16-6-2-3-7-18(16)15-8-10-17(11-9-15)20-12-4-1-5-13-20;18-13-15-3-1-2-4-17(15)14-5-7-16(8-6-14)19-9-11-20-12-10-19;1-3-19(4-2)16-11-9-14(10-12-16)17-8-6-5-7-15(17)13-18;1-17(2)14-9-7-12(8-10-14)15-6-4-3-5-13(15)11-16/h5-12H,3-4,13-14H2,1-2H3;2-9H,10-13H2,1H3;2-3,6-11H,1,4-5,12-13H2;1-8H,9-12H2;5-12H,3-4H2,1-2H3;3-10H,1-2H3. The molecule has 3 saturated heterocycles. The van der Waals surface area contributed by atoms with E-state index in [1.807, 2.05) is 172 Å². The van der Waals surface area contributed by atoms with Crippen molar-refractivity contribution in [3.8, 4) is 103 Å². The molecule has 14 nitrogen and oxygen atoms in total. The Balaban J connectivity index is 0.000000149. The first-order valence-electron chi connectivity index (χ1n) is 41.1. The Morgan fingerprint density at radius 1 is 0.280 bits per heavy atom. The molecule has 0 spiro atoms. The van der Waals surface area contributed by atoms with Gasteiger partial charge in [0, 0.05) is 127 Å². The molecule has 594 valence electrons. The Labute approximate surface area is 701 Å². The lowest BCUT2D eigenvalue weighted by Gasteiger charge is -2.34. The Morgan fingerprint density at radius 2 is 0.525 bits per heavy atom. The third kappa shape index (κ3) is 24.2. The average Bonchev–Trinajstić information content (AvgIpc) is 0.857. The van der Waals surface area contributed by atoms with Crippen LogP contribution in [0.4, 0.5) is 34.1 Å². The van der Waals surface area contributed by atoms with Crippen LogP contribution in [0.3, 0.4) is 0 Å². The number of ether oxygens (including phenoxy) is 1. The molecular formula is C104H107N13O. The molecule has 0 N–H and O–H groups in total. The van der Waals surface area contributed by atoms with Gasteiger partial charge in [-0.3, -0.25) is 0 Å². The van der Waals surface area contributed by atoms with E-state index in [0.29, 0.717) is 11.1 Å². The molecule has 15 rings (SSSR count). The van der Waals surface area contributed by atoms with E-state index in [4.69, 9.17) is 20.5 Å². The number of benzene rings is 12. The summed E-state index contributed by atoms with van der Waals surface area (Å²) < 4.78 is 5.37. The van der Waals surface area contributed by atoms with Gasteiger partial charge in [0.2, 0.25) is 0 Å². The van der Waals surface area contributed by atoms with Gasteiger partial charge in [-0.2, -0.15) is 31.6 Å². The van der Waals surface area contributed by atoms with E-state index in [2.05, 4.69) is 239 Å². The number of piperazine rings is 1. The monoisotopic (exact) mass is 1550 g/mol. The Bertz CT molecular complexity index is 5250. The van der Waals surface area contributed by atoms with Crippen molar-refractivity contribution in [1.82, 2.24) is 4.90 Å². The van der Waals surface area contributed by atoms with Crippen LogP contribution in [-0.2, 0) is 4.74 Å². The van der Waals surface area contributed by atoms with Gasteiger partial charge >= 0.3 is 0 Å². The van der Waals surface area contributed by atoms with Crippen molar-refractivity contribution in [2.45, 2.75) is 59.8 Å². The zero-order chi connectivity index (χ0) is 83.2. The molecule has 0 saturated carbocycles. The van der Waals surface area contributed by atoms with Gasteiger partial charge in [-0.1, -0.05) is 196 Å². The van der Waals surface area contributed by atoms with Gasteiger partial charge in [-0.05, 0) is 229 Å². The molecule has 0 radical (unpaired) electrons. The lowest BCUT2D eigenvalue weighted by atomic mass is 10.00. The second-order valence-corrected chi connectivity index (χ2v) is 29.2. The number of piperidine rings is 1. The summed E-state index contributed by atoms with van der Waals surface area (Å²) in [6.07, 6.45) is 6.24. The van der Waals surface area contributed by atoms with Gasteiger partial charge in [0.15, 0.2) is 0 Å². The van der Waals surface area contributed by atoms with E-state index in [-0.39, 0.29) is 0 Å². The molecule has 3 heterocycles. The van der Waals surface area contributed by atoms with Crippen molar-refractivity contribution in [3.63, 3.8) is 0 Å². The highest BCUT2D eigenvalue weighted by Gasteiger charge is 2.18. The zero-order valence-electron chi connectivity index (χ0n) is 69.4. The second-order valence-electron chi connectivity index (χ2n) is 29.2. The molecule has 12 aromatic rings. The number of rotatable bonds is 18. The first kappa shape index (κ1) is 86.7. The Kier molecular flexibility index (Phi) is 33.8. The van der Waals surface area contributed by atoms with Gasteiger partial charge in [0.05, 0.1) is 83.0 Å². The average molecular weight is 1560 g/mol. The molecule has 0 amide bonds. The number of anilines is 6. The highest BCUT2D eigenvalue weighted by molar-refractivity contribution is 5.78. The molecule has 0 aliphatic carbocycles. The number of morpholine rings is 1. The quantitative estimate of drug-likeness (QED) is 0.0793. The summed E-state index contributed by atoms with van der Waals surface area (Å²) in [5, 5.41) is 55.0. The number of nitrogens with zero attached hydrogens (tertiary/aromatic N) is 13. The maximum Gasteiger partial charge on any atom is 0.0998 e. The molecule has 118 heavy (non-hydrogen) atoms. The summed E-state index contributed by atoms with van der Waals surface area (Å²) in [6.45, 7) is 23.1. The number of likely N-dealkylation sites (N-methyl/N-ethyl adjacent to an activating group) is 1. The van der Waals surface area contributed by atoms with Crippen molar-refractivity contribution in [2.75, 3.05) is 142 Å². The summed E-state index contributed by atoms with van der Waals surface area (Å²) in [5.41, 5.74) is 24.3. The molecule has 0 unspecified atom stereocenters. The van der Waals surface area contributed by atoms with Crippen LogP contribution in [0.2, 0.25) is 0 Å². The summed E-state index contributed by atoms with van der Waals surface area (Å²) >= 11 is 0. The van der Waals surface area contributed by atoms with E-state index in [1.54, 1.807) is 0 Å². The predicted octanol–water partition coefficient (Wildman–Crippen LogP) is 22.5. The third-order valence-corrected chi connectivity index (χ3v) is 21.3. The highest BCUT2D eigenvalue weighted by Crippen LogP contribution is 2.33. The molecule has 12 aromatic carbocycles. The van der Waals surface area contributed by atoms with Crippen LogP contribution >= 0.6 is 0 Å². The van der Waals surface area contributed by atoms with Crippen molar-refractivity contribution in [1.29, 1.82) is 31.6 Å². The SMILES string of the molecule is CCCN(CCC)c1ccc(-c2ccccc2C#N)cc1.CCN(CC)c1ccc(-c2ccccc2C#N)cc1.CN(C)c1ccc(-c2ccccc2C#N)cc1.CN1CCN(c2ccc(-c3ccccc3C#N)cc2)CC1.N#Cc1ccccc1-c1ccc(N2CCCCC2)cc1.N#Cc1ccccc1-c1ccc(N2CCOCC2)cc1. The molecule has 0 aromatic heterocycles. The maximum atomic E-state index is 9.20. The first-order chi connectivity index (χ1) is 57.8. The minimum atomic E-state index is 0.713. The predicted molar refractivity (Wildman–Crippen MR) is 489 cm³/mol. The summed E-state index contributed by atoms with van der Waals surface area (Å²) in [5.74, 6) is 0. The van der Waals surface area contributed by atoms with Crippen LogP contribution in [0.1, 0.15) is 93.2 Å². The van der Waals surface area contributed by atoms with Crippen LogP contribution in [-0.4, -0.2) is 118 Å². The van der Waals surface area contributed by atoms with E-state index < -0.39 is 0 Å². The fourth-order valence-electron chi connectivity index (χ4n) is 14.7. The Hall–Kier alpha value is -13.7. The largest absolute Gasteiger partial charge is 0.378 e. The number of hydrogen-bond acceptors (Lipinski definition) is 14. The smallest absolute Gasteiger partial charge is 0.0998 e. The van der Waals surface area contributed by atoms with E-state index in [0.717, 1.165) is 199 Å². The molecule has 0 bridgehead atoms. The van der Waals surface area contributed by atoms with Gasteiger partial charge in [0.1, 0.15) is 0 Å². The van der Waals surface area contributed by atoms with Crippen LogP contribution in [0, 0.1) is 68.0 Å². The maximum absolute atomic E-state index is 9.20. The van der Waals surface area contributed by atoms with E-state index in [9.17, 15) is 15.8 Å². The van der Waals surface area contributed by atoms with Crippen LogP contribution in [0.25, 0.3) is 66.8 Å². The van der Waals surface area contributed by atoms with Crippen LogP contribution < -0.4 is 29.4 Å². The lowest BCUT2D eigenvalue weighted by Crippen LogP contribution is -2.44. The van der Waals surface area contributed by atoms with Crippen molar-refractivity contribution >= 4 is 34.1 Å². The highest BCUT2D eigenvalue weighted by atomic mass is 16.5. The fraction of sp³-hybridized carbons (Fsp3) is 0.250. The van der Waals surface area contributed by atoms with Gasteiger partial charge in [0.25, 0.3) is 0 Å². The topological polar surface area (TPSA) is 175 Å². The van der Waals surface area contributed by atoms with E-state index >= 15 is 0 Å². The minimum absolute atomic E-state index is 0.713. The van der Waals surface area contributed by atoms with Crippen LogP contribution in [0.15, 0.2) is 291 Å². The molecule has 14 heteroatoms. The third-order valence-electron chi connectivity index (χ3n) is 21.3. The van der Waals surface area contributed by atoms with Gasteiger partial charge < -0.3 is 39.0 Å². The van der Waals surface area contributed by atoms with E-state index in [1.165, 1.54) is 47.7 Å².